The van der Waals surface area contributed by atoms with E-state index in [1.165, 1.54) is 24.0 Å². The fourth-order valence-corrected chi connectivity index (χ4v) is 1.85. The van der Waals surface area contributed by atoms with Crippen molar-refractivity contribution in [3.05, 3.63) is 47.5 Å². The predicted octanol–water partition coefficient (Wildman–Crippen LogP) is 2.80. The van der Waals surface area contributed by atoms with Gasteiger partial charge in [0.05, 0.1) is 0 Å². The summed E-state index contributed by atoms with van der Waals surface area (Å²) in [6.45, 7) is 3.17. The summed E-state index contributed by atoms with van der Waals surface area (Å²) in [4.78, 5) is 0. The molecule has 1 aliphatic rings. The van der Waals surface area contributed by atoms with Crippen molar-refractivity contribution in [3.63, 3.8) is 0 Å². The zero-order valence-electron chi connectivity index (χ0n) is 8.66. The molecule has 0 aliphatic heterocycles. The van der Waals surface area contributed by atoms with E-state index in [2.05, 4.69) is 48.7 Å². The van der Waals surface area contributed by atoms with Crippen LogP contribution in [0.5, 0.6) is 0 Å². The molecule has 0 radical (unpaired) electrons. The van der Waals surface area contributed by atoms with Gasteiger partial charge in [-0.1, -0.05) is 36.4 Å². The maximum atomic E-state index is 3.58. The van der Waals surface area contributed by atoms with Gasteiger partial charge in [-0.15, -0.1) is 0 Å². The molecule has 0 saturated carbocycles. The minimum Gasteiger partial charge on any atom is -0.309 e. The molecule has 0 unspecified atom stereocenters. The molecule has 14 heavy (non-hydrogen) atoms. The van der Waals surface area contributed by atoms with Gasteiger partial charge in [-0.25, -0.2) is 0 Å². The normalized spacial score (nSPS) is 16.4. The van der Waals surface area contributed by atoms with Gasteiger partial charge in [-0.2, -0.15) is 0 Å². The van der Waals surface area contributed by atoms with Crippen LogP contribution in [0.4, 0.5) is 0 Å². The average Bonchev–Trinajstić information content (AvgIpc) is 2.69. The molecule has 0 heterocycles. The quantitative estimate of drug-likeness (QED) is 0.717. The lowest BCUT2D eigenvalue weighted by Gasteiger charge is -2.13. The van der Waals surface area contributed by atoms with E-state index in [4.69, 9.17) is 0 Å². The molecular weight excluding hydrogens is 170 g/mol. The number of benzene rings is 1. The first-order valence-electron chi connectivity index (χ1n) is 5.29. The minimum absolute atomic E-state index is 0.662. The van der Waals surface area contributed by atoms with Crippen molar-refractivity contribution >= 4 is 0 Å². The summed E-state index contributed by atoms with van der Waals surface area (Å²) in [5, 5.41) is 3.58. The van der Waals surface area contributed by atoms with Gasteiger partial charge in [0, 0.05) is 12.6 Å². The van der Waals surface area contributed by atoms with Gasteiger partial charge in [-0.05, 0) is 30.9 Å². The Labute approximate surface area is 85.8 Å². The summed E-state index contributed by atoms with van der Waals surface area (Å²) in [6.07, 6.45) is 6.89. The highest BCUT2D eigenvalue weighted by atomic mass is 14.9. The van der Waals surface area contributed by atoms with E-state index in [1.807, 2.05) is 0 Å². The number of rotatable bonds is 3. The van der Waals surface area contributed by atoms with E-state index in [-0.39, 0.29) is 0 Å². The van der Waals surface area contributed by atoms with Crippen molar-refractivity contribution < 1.29 is 0 Å². The van der Waals surface area contributed by atoms with Gasteiger partial charge in [-0.3, -0.25) is 0 Å². The van der Waals surface area contributed by atoms with Gasteiger partial charge in [0.2, 0.25) is 0 Å². The molecular formula is C13H17N. The minimum atomic E-state index is 0.662. The SMILES string of the molecule is Cc1ccccc1CNC1CC=CC1. The fraction of sp³-hybridized carbons (Fsp3) is 0.385. The van der Waals surface area contributed by atoms with Crippen LogP contribution in [0, 0.1) is 6.92 Å². The van der Waals surface area contributed by atoms with Crippen LogP contribution in [-0.4, -0.2) is 6.04 Å². The lowest BCUT2D eigenvalue weighted by atomic mass is 10.1. The Morgan fingerprint density at radius 1 is 1.21 bits per heavy atom. The third-order valence-electron chi connectivity index (χ3n) is 2.85. The molecule has 1 nitrogen and oxygen atoms in total. The van der Waals surface area contributed by atoms with Crippen molar-refractivity contribution in [2.45, 2.75) is 32.4 Å². The topological polar surface area (TPSA) is 12.0 Å². The van der Waals surface area contributed by atoms with Crippen molar-refractivity contribution in [1.29, 1.82) is 0 Å². The van der Waals surface area contributed by atoms with Gasteiger partial charge >= 0.3 is 0 Å². The third-order valence-corrected chi connectivity index (χ3v) is 2.85. The van der Waals surface area contributed by atoms with Crippen LogP contribution in [0.15, 0.2) is 36.4 Å². The van der Waals surface area contributed by atoms with Crippen LogP contribution in [0.2, 0.25) is 0 Å². The molecule has 0 bridgehead atoms. The Kier molecular flexibility index (Phi) is 3.00. The molecule has 0 saturated heterocycles. The summed E-state index contributed by atoms with van der Waals surface area (Å²) in [7, 11) is 0. The van der Waals surface area contributed by atoms with Crippen LogP contribution >= 0.6 is 0 Å². The Bertz CT molecular complexity index is 320. The van der Waals surface area contributed by atoms with Crippen molar-refractivity contribution in [2.24, 2.45) is 0 Å². The van der Waals surface area contributed by atoms with Crippen LogP contribution in [0.1, 0.15) is 24.0 Å². The molecule has 0 spiro atoms. The number of nitrogens with one attached hydrogen (secondary N) is 1. The number of hydrogen-bond donors (Lipinski definition) is 1. The lowest BCUT2D eigenvalue weighted by molar-refractivity contribution is 0.537. The van der Waals surface area contributed by atoms with E-state index in [0.717, 1.165) is 6.54 Å². The van der Waals surface area contributed by atoms with E-state index in [1.54, 1.807) is 0 Å². The van der Waals surface area contributed by atoms with Gasteiger partial charge < -0.3 is 5.32 Å². The van der Waals surface area contributed by atoms with Gasteiger partial charge in [0.25, 0.3) is 0 Å². The summed E-state index contributed by atoms with van der Waals surface area (Å²) in [5.41, 5.74) is 2.80. The molecule has 1 aliphatic carbocycles. The summed E-state index contributed by atoms with van der Waals surface area (Å²) in [5.74, 6) is 0. The molecule has 0 amide bonds. The second-order valence-electron chi connectivity index (χ2n) is 3.95. The zero-order chi connectivity index (χ0) is 9.80. The smallest absolute Gasteiger partial charge is 0.0210 e. The molecule has 1 N–H and O–H groups in total. The standard InChI is InChI=1S/C13H17N/c1-11-6-2-3-7-12(11)10-14-13-8-4-5-9-13/h2-7,13-14H,8-10H2,1H3. The molecule has 0 fully saturated rings. The molecule has 1 heteroatoms. The average molecular weight is 187 g/mol. The first-order chi connectivity index (χ1) is 6.86. The van der Waals surface area contributed by atoms with E-state index < -0.39 is 0 Å². The Balaban J connectivity index is 1.88. The Morgan fingerprint density at radius 3 is 2.64 bits per heavy atom. The molecule has 1 aromatic carbocycles. The highest BCUT2D eigenvalue weighted by Gasteiger charge is 2.08. The monoisotopic (exact) mass is 187 g/mol. The second kappa shape index (κ2) is 4.43. The van der Waals surface area contributed by atoms with Crippen molar-refractivity contribution in [1.82, 2.24) is 5.32 Å². The zero-order valence-corrected chi connectivity index (χ0v) is 8.66. The summed E-state index contributed by atoms with van der Waals surface area (Å²) in [6, 6.07) is 9.23. The first-order valence-corrected chi connectivity index (χ1v) is 5.29. The van der Waals surface area contributed by atoms with Gasteiger partial charge in [0.1, 0.15) is 0 Å². The number of hydrogen-bond acceptors (Lipinski definition) is 1. The van der Waals surface area contributed by atoms with Crippen molar-refractivity contribution in [3.8, 4) is 0 Å². The van der Waals surface area contributed by atoms with Crippen LogP contribution in [-0.2, 0) is 6.54 Å². The number of aryl methyl sites for hydroxylation is 1. The Hall–Kier alpha value is -1.08. The maximum absolute atomic E-state index is 3.58. The lowest BCUT2D eigenvalue weighted by Crippen LogP contribution is -2.25. The van der Waals surface area contributed by atoms with E-state index in [0.29, 0.717) is 6.04 Å². The second-order valence-corrected chi connectivity index (χ2v) is 3.95. The summed E-state index contributed by atoms with van der Waals surface area (Å²) >= 11 is 0. The van der Waals surface area contributed by atoms with Crippen molar-refractivity contribution in [2.75, 3.05) is 0 Å². The predicted molar refractivity (Wildman–Crippen MR) is 60.2 cm³/mol. The highest BCUT2D eigenvalue weighted by Crippen LogP contribution is 2.11. The molecule has 2 rings (SSSR count). The van der Waals surface area contributed by atoms with Gasteiger partial charge in [0.15, 0.2) is 0 Å². The molecule has 0 aromatic heterocycles. The highest BCUT2D eigenvalue weighted by molar-refractivity contribution is 5.25. The van der Waals surface area contributed by atoms with Crippen LogP contribution < -0.4 is 5.32 Å². The van der Waals surface area contributed by atoms with E-state index in [9.17, 15) is 0 Å². The maximum Gasteiger partial charge on any atom is 0.0210 e. The molecule has 74 valence electrons. The first kappa shape index (κ1) is 9.47. The van der Waals surface area contributed by atoms with E-state index >= 15 is 0 Å². The largest absolute Gasteiger partial charge is 0.309 e. The third kappa shape index (κ3) is 2.24. The van der Waals surface area contributed by atoms with Crippen LogP contribution in [0.3, 0.4) is 0 Å². The summed E-state index contributed by atoms with van der Waals surface area (Å²) < 4.78 is 0. The Morgan fingerprint density at radius 2 is 1.93 bits per heavy atom. The fourth-order valence-electron chi connectivity index (χ4n) is 1.85. The molecule has 1 aromatic rings. The molecule has 0 atom stereocenters. The van der Waals surface area contributed by atoms with Crippen LogP contribution in [0.25, 0.3) is 0 Å².